The number of carbonyl (C=O) groups excluding carboxylic acids is 1. The summed E-state index contributed by atoms with van der Waals surface area (Å²) in [4.78, 5) is 30.2. The van der Waals surface area contributed by atoms with Crippen molar-refractivity contribution in [3.8, 4) is 0 Å². The Bertz CT molecular complexity index is 1020. The zero-order valence-electron chi connectivity index (χ0n) is 16.5. The number of hydrogen-bond acceptors (Lipinski definition) is 6. The van der Waals surface area contributed by atoms with Crippen molar-refractivity contribution < 1.29 is 9.18 Å². The molecule has 7 nitrogen and oxygen atoms in total. The van der Waals surface area contributed by atoms with Crippen LogP contribution in [0.15, 0.2) is 35.3 Å². The van der Waals surface area contributed by atoms with Gasteiger partial charge in [0.2, 0.25) is 11.9 Å². The van der Waals surface area contributed by atoms with Crippen molar-refractivity contribution in [2.45, 2.75) is 31.2 Å². The number of hydrogen-bond donors (Lipinski definition) is 1. The second-order valence-electron chi connectivity index (χ2n) is 8.17. The molecule has 2 atom stereocenters. The fraction of sp³-hybridized carbons (Fsp3) is 0.429. The third-order valence-electron chi connectivity index (χ3n) is 6.25. The lowest BCUT2D eigenvalue weighted by Gasteiger charge is -2.37. The highest BCUT2D eigenvalue weighted by molar-refractivity contribution is 6.01. The molecular weight excluding hydrogens is 371 g/mol. The van der Waals surface area contributed by atoms with Crippen LogP contribution < -0.4 is 10.6 Å². The molecule has 2 fully saturated rings. The number of rotatable bonds is 3. The summed E-state index contributed by atoms with van der Waals surface area (Å²) in [6, 6.07) is 9.74. The SMILES string of the molecule is Cc1nc(N2C[C@H]3C(=O)N(C)C(N)=N[C@@]3(c3ccccc3)C2)nc(C2CC2)c1F. The number of nitrogens with two attached hydrogens (primary N) is 1. The van der Waals surface area contributed by atoms with E-state index in [1.165, 1.54) is 4.90 Å². The number of halogens is 1. The maximum absolute atomic E-state index is 14.5. The topological polar surface area (TPSA) is 87.7 Å². The number of amides is 1. The first-order valence-electron chi connectivity index (χ1n) is 9.88. The number of guanidine groups is 1. The van der Waals surface area contributed by atoms with Crippen molar-refractivity contribution in [1.29, 1.82) is 0 Å². The van der Waals surface area contributed by atoms with Crippen LogP contribution in [0.4, 0.5) is 10.3 Å². The first-order chi connectivity index (χ1) is 13.9. The summed E-state index contributed by atoms with van der Waals surface area (Å²) in [5, 5.41) is 0. The van der Waals surface area contributed by atoms with Gasteiger partial charge in [0.25, 0.3) is 0 Å². The molecule has 29 heavy (non-hydrogen) atoms. The largest absolute Gasteiger partial charge is 0.369 e. The van der Waals surface area contributed by atoms with E-state index in [1.54, 1.807) is 14.0 Å². The molecule has 0 bridgehead atoms. The van der Waals surface area contributed by atoms with Gasteiger partial charge in [0.05, 0.1) is 23.9 Å². The Morgan fingerprint density at radius 3 is 2.62 bits per heavy atom. The van der Waals surface area contributed by atoms with Crippen LogP contribution in [0.2, 0.25) is 0 Å². The highest BCUT2D eigenvalue weighted by Crippen LogP contribution is 2.45. The van der Waals surface area contributed by atoms with E-state index < -0.39 is 11.5 Å². The Morgan fingerprint density at radius 1 is 1.21 bits per heavy atom. The summed E-state index contributed by atoms with van der Waals surface area (Å²) in [7, 11) is 1.64. The minimum Gasteiger partial charge on any atom is -0.369 e. The fourth-order valence-electron chi connectivity index (χ4n) is 4.43. The standard InChI is InChI=1S/C21H23FN6O/c1-12-16(22)17(13-8-9-13)25-20(24-12)28-10-15-18(29)27(2)19(23)26-21(15,11-28)14-6-4-3-5-7-14/h3-7,13,15H,8-11H2,1-2H3,(H2,23,26)/t15-,21+/m0/s1. The van der Waals surface area contributed by atoms with E-state index in [1.807, 2.05) is 35.2 Å². The quantitative estimate of drug-likeness (QED) is 0.859. The van der Waals surface area contributed by atoms with Gasteiger partial charge in [-0.25, -0.2) is 19.4 Å². The number of fused-ring (bicyclic) bond motifs is 1. The van der Waals surface area contributed by atoms with Gasteiger partial charge in [-0.1, -0.05) is 30.3 Å². The Balaban J connectivity index is 1.61. The van der Waals surface area contributed by atoms with Gasteiger partial charge in [0.15, 0.2) is 11.8 Å². The van der Waals surface area contributed by atoms with Crippen LogP contribution in [0.3, 0.4) is 0 Å². The lowest BCUT2D eigenvalue weighted by Crippen LogP contribution is -2.54. The second kappa shape index (κ2) is 6.23. The minimum atomic E-state index is -0.805. The third-order valence-corrected chi connectivity index (χ3v) is 6.25. The van der Waals surface area contributed by atoms with E-state index in [0.717, 1.165) is 18.4 Å². The molecule has 0 spiro atoms. The molecule has 1 amide bonds. The van der Waals surface area contributed by atoms with Gasteiger partial charge in [-0.05, 0) is 25.3 Å². The number of nitrogens with zero attached hydrogens (tertiary/aromatic N) is 5. The Hall–Kier alpha value is -3.03. The first kappa shape index (κ1) is 18.0. The van der Waals surface area contributed by atoms with E-state index in [9.17, 15) is 9.18 Å². The summed E-state index contributed by atoms with van der Waals surface area (Å²) in [5.41, 5.74) is 7.06. The zero-order valence-corrected chi connectivity index (χ0v) is 16.5. The van der Waals surface area contributed by atoms with Crippen LogP contribution in [-0.2, 0) is 10.3 Å². The smallest absolute Gasteiger partial charge is 0.236 e. The van der Waals surface area contributed by atoms with Crippen molar-refractivity contribution >= 4 is 17.8 Å². The summed E-state index contributed by atoms with van der Waals surface area (Å²) in [5.74, 6) is 0.0192. The van der Waals surface area contributed by atoms with Crippen LogP contribution >= 0.6 is 0 Å². The van der Waals surface area contributed by atoms with Gasteiger partial charge in [-0.2, -0.15) is 0 Å². The van der Waals surface area contributed by atoms with Gasteiger partial charge >= 0.3 is 0 Å². The highest BCUT2D eigenvalue weighted by atomic mass is 19.1. The molecule has 2 aromatic rings. The molecule has 1 saturated carbocycles. The average molecular weight is 394 g/mol. The number of anilines is 1. The fourth-order valence-corrected chi connectivity index (χ4v) is 4.43. The molecule has 0 radical (unpaired) electrons. The minimum absolute atomic E-state index is 0.0786. The Kier molecular flexibility index (Phi) is 3.88. The van der Waals surface area contributed by atoms with Crippen molar-refractivity contribution in [2.24, 2.45) is 16.6 Å². The number of carbonyl (C=O) groups is 1. The van der Waals surface area contributed by atoms with Crippen LogP contribution in [0.5, 0.6) is 0 Å². The van der Waals surface area contributed by atoms with Crippen molar-refractivity contribution in [3.63, 3.8) is 0 Å². The normalized spacial score (nSPS) is 26.5. The summed E-state index contributed by atoms with van der Waals surface area (Å²) in [6.45, 7) is 2.48. The van der Waals surface area contributed by atoms with Crippen molar-refractivity contribution in [2.75, 3.05) is 25.0 Å². The maximum atomic E-state index is 14.5. The van der Waals surface area contributed by atoms with Crippen LogP contribution in [0.25, 0.3) is 0 Å². The maximum Gasteiger partial charge on any atom is 0.236 e. The number of aryl methyl sites for hydroxylation is 1. The van der Waals surface area contributed by atoms with Gasteiger partial charge in [-0.15, -0.1) is 0 Å². The van der Waals surface area contributed by atoms with E-state index in [2.05, 4.69) is 9.97 Å². The van der Waals surface area contributed by atoms with Crippen molar-refractivity contribution in [3.05, 3.63) is 53.1 Å². The summed E-state index contributed by atoms with van der Waals surface area (Å²) < 4.78 is 14.5. The van der Waals surface area contributed by atoms with Crippen LogP contribution in [-0.4, -0.2) is 46.9 Å². The summed E-state index contributed by atoms with van der Waals surface area (Å²) in [6.07, 6.45) is 1.90. The molecule has 1 aromatic heterocycles. The molecule has 1 aromatic carbocycles. The van der Waals surface area contributed by atoms with E-state index >= 15 is 0 Å². The summed E-state index contributed by atoms with van der Waals surface area (Å²) >= 11 is 0. The third kappa shape index (κ3) is 2.69. The molecule has 1 aliphatic carbocycles. The molecule has 0 unspecified atom stereocenters. The highest BCUT2D eigenvalue weighted by Gasteiger charge is 2.56. The Morgan fingerprint density at radius 2 is 1.93 bits per heavy atom. The molecule has 3 aliphatic rings. The first-order valence-corrected chi connectivity index (χ1v) is 9.88. The predicted molar refractivity (Wildman–Crippen MR) is 107 cm³/mol. The van der Waals surface area contributed by atoms with E-state index in [-0.39, 0.29) is 23.6 Å². The average Bonchev–Trinajstić information content (AvgIpc) is 3.49. The molecule has 2 N–H and O–H groups in total. The van der Waals surface area contributed by atoms with E-state index in [4.69, 9.17) is 10.7 Å². The monoisotopic (exact) mass is 394 g/mol. The van der Waals surface area contributed by atoms with Crippen LogP contribution in [0.1, 0.15) is 35.7 Å². The lowest BCUT2D eigenvalue weighted by molar-refractivity contribution is -0.132. The molecule has 8 heteroatoms. The van der Waals surface area contributed by atoms with Gasteiger partial charge < -0.3 is 10.6 Å². The zero-order chi connectivity index (χ0) is 20.3. The van der Waals surface area contributed by atoms with Gasteiger partial charge in [-0.3, -0.25) is 9.69 Å². The molecule has 5 rings (SSSR count). The molecule has 150 valence electrons. The van der Waals surface area contributed by atoms with Crippen LogP contribution in [0, 0.1) is 18.7 Å². The predicted octanol–water partition coefficient (Wildman–Crippen LogP) is 1.92. The number of aliphatic imine (C=N–C) groups is 1. The number of benzene rings is 1. The Labute approximate surface area is 168 Å². The van der Waals surface area contributed by atoms with Gasteiger partial charge in [0, 0.05) is 19.5 Å². The van der Waals surface area contributed by atoms with E-state index in [0.29, 0.717) is 30.4 Å². The number of aromatic nitrogens is 2. The second-order valence-corrected chi connectivity index (χ2v) is 8.17. The lowest BCUT2D eigenvalue weighted by atomic mass is 9.79. The van der Waals surface area contributed by atoms with Gasteiger partial charge in [0.1, 0.15) is 5.54 Å². The molecular formula is C21H23FN6O. The molecule has 1 saturated heterocycles. The molecule has 2 aliphatic heterocycles. The molecule has 3 heterocycles. The van der Waals surface area contributed by atoms with Crippen molar-refractivity contribution in [1.82, 2.24) is 14.9 Å².